The largest absolute Gasteiger partial charge is 0.486 e. The molecule has 0 saturated carbocycles. The van der Waals surface area contributed by atoms with Gasteiger partial charge in [-0.2, -0.15) is 0 Å². The molecule has 27 heavy (non-hydrogen) atoms. The Labute approximate surface area is 161 Å². The van der Waals surface area contributed by atoms with Crippen LogP contribution in [-0.2, 0) is 0 Å². The number of benzene rings is 2. The van der Waals surface area contributed by atoms with Crippen LogP contribution < -0.4 is 24.8 Å². The van der Waals surface area contributed by atoms with E-state index in [0.717, 1.165) is 27.8 Å². The number of hydrogen-bond donors (Lipinski definition) is 3. The van der Waals surface area contributed by atoms with E-state index in [4.69, 9.17) is 9.47 Å². The van der Waals surface area contributed by atoms with E-state index >= 15 is 0 Å². The van der Waals surface area contributed by atoms with Crippen molar-refractivity contribution in [2.45, 2.75) is 4.90 Å². The van der Waals surface area contributed by atoms with E-state index < -0.39 is 0 Å². The molecular formula is C19H19N5O2S. The number of hydrogen-bond acceptors (Lipinski definition) is 8. The number of rotatable bonds is 6. The van der Waals surface area contributed by atoms with Crippen molar-refractivity contribution in [3.63, 3.8) is 0 Å². The minimum atomic E-state index is 0.558. The summed E-state index contributed by atoms with van der Waals surface area (Å²) in [6.07, 6.45) is 1.52. The van der Waals surface area contributed by atoms with Crippen LogP contribution in [0.15, 0.2) is 59.8 Å². The van der Waals surface area contributed by atoms with Crippen LogP contribution in [0.4, 0.5) is 23.0 Å². The lowest BCUT2D eigenvalue weighted by Gasteiger charge is -2.19. The monoisotopic (exact) mass is 381 g/mol. The molecule has 138 valence electrons. The molecule has 0 spiro atoms. The first-order valence-corrected chi connectivity index (χ1v) is 9.31. The third-order valence-electron chi connectivity index (χ3n) is 3.81. The zero-order valence-electron chi connectivity index (χ0n) is 14.7. The van der Waals surface area contributed by atoms with Gasteiger partial charge >= 0.3 is 0 Å². The van der Waals surface area contributed by atoms with Gasteiger partial charge < -0.3 is 20.1 Å². The maximum Gasteiger partial charge on any atom is 0.163 e. The molecule has 4 rings (SSSR count). The summed E-state index contributed by atoms with van der Waals surface area (Å²) in [6.45, 7) is 1.14. The highest BCUT2D eigenvalue weighted by atomic mass is 32.2. The number of anilines is 4. The van der Waals surface area contributed by atoms with Gasteiger partial charge in [0, 0.05) is 28.4 Å². The Morgan fingerprint density at radius 2 is 1.59 bits per heavy atom. The highest BCUT2D eigenvalue weighted by Gasteiger charge is 2.12. The molecule has 1 aliphatic rings. The Kier molecular flexibility index (Phi) is 5.27. The van der Waals surface area contributed by atoms with E-state index in [9.17, 15) is 0 Å². The maximum absolute atomic E-state index is 5.62. The van der Waals surface area contributed by atoms with E-state index in [1.807, 2.05) is 49.5 Å². The van der Waals surface area contributed by atoms with Crippen molar-refractivity contribution in [3.8, 4) is 11.5 Å². The standard InChI is InChI=1S/C19H19N5O2S/c1-20-27-15-4-2-3-13(9-15)23-18-11-19(22-12-21-18)24-14-5-6-16-17(10-14)26-8-7-25-16/h2-6,9-12,20H,7-8H2,1H3,(H2,21,22,23,24). The molecule has 2 aromatic carbocycles. The topological polar surface area (TPSA) is 80.3 Å². The summed E-state index contributed by atoms with van der Waals surface area (Å²) in [4.78, 5) is 9.70. The quantitative estimate of drug-likeness (QED) is 0.554. The number of ether oxygens (including phenoxy) is 2. The summed E-state index contributed by atoms with van der Waals surface area (Å²) >= 11 is 1.56. The Morgan fingerprint density at radius 3 is 2.37 bits per heavy atom. The van der Waals surface area contributed by atoms with Gasteiger partial charge in [0.15, 0.2) is 11.5 Å². The second kappa shape index (κ2) is 8.15. The second-order valence-corrected chi connectivity index (χ2v) is 6.81. The Morgan fingerprint density at radius 1 is 0.852 bits per heavy atom. The minimum Gasteiger partial charge on any atom is -0.486 e. The molecule has 2 heterocycles. The zero-order chi connectivity index (χ0) is 18.5. The first-order chi connectivity index (χ1) is 13.3. The molecule has 1 aliphatic heterocycles. The van der Waals surface area contributed by atoms with Crippen molar-refractivity contribution in [2.75, 3.05) is 30.9 Å². The molecule has 0 amide bonds. The fourth-order valence-electron chi connectivity index (χ4n) is 2.67. The average molecular weight is 381 g/mol. The van der Waals surface area contributed by atoms with E-state index in [0.29, 0.717) is 24.8 Å². The van der Waals surface area contributed by atoms with Crippen LogP contribution in [0.2, 0.25) is 0 Å². The average Bonchev–Trinajstić information content (AvgIpc) is 2.69. The van der Waals surface area contributed by atoms with Gasteiger partial charge in [-0.25, -0.2) is 9.97 Å². The predicted molar refractivity (Wildman–Crippen MR) is 107 cm³/mol. The van der Waals surface area contributed by atoms with Gasteiger partial charge in [-0.15, -0.1) is 0 Å². The minimum absolute atomic E-state index is 0.558. The van der Waals surface area contributed by atoms with E-state index in [2.05, 4.69) is 31.4 Å². The molecule has 3 N–H and O–H groups in total. The van der Waals surface area contributed by atoms with Gasteiger partial charge in [0.1, 0.15) is 31.2 Å². The summed E-state index contributed by atoms with van der Waals surface area (Å²) in [5.74, 6) is 2.88. The van der Waals surface area contributed by atoms with E-state index in [1.165, 1.54) is 6.33 Å². The van der Waals surface area contributed by atoms with Crippen LogP contribution in [0, 0.1) is 0 Å². The van der Waals surface area contributed by atoms with Crippen molar-refractivity contribution in [1.82, 2.24) is 14.7 Å². The van der Waals surface area contributed by atoms with Gasteiger partial charge in [-0.3, -0.25) is 4.72 Å². The summed E-state index contributed by atoms with van der Waals surface area (Å²) < 4.78 is 14.2. The van der Waals surface area contributed by atoms with Crippen LogP contribution in [0.5, 0.6) is 11.5 Å². The number of nitrogens with one attached hydrogen (secondary N) is 3. The normalized spacial score (nSPS) is 12.5. The lowest BCUT2D eigenvalue weighted by atomic mass is 10.2. The van der Waals surface area contributed by atoms with Gasteiger partial charge in [0.25, 0.3) is 0 Å². The predicted octanol–water partition coefficient (Wildman–Crippen LogP) is 3.96. The van der Waals surface area contributed by atoms with Gasteiger partial charge in [-0.1, -0.05) is 6.07 Å². The third kappa shape index (κ3) is 4.42. The fourth-order valence-corrected chi connectivity index (χ4v) is 3.23. The smallest absolute Gasteiger partial charge is 0.163 e. The molecular weight excluding hydrogens is 362 g/mol. The van der Waals surface area contributed by atoms with E-state index in [-0.39, 0.29) is 0 Å². The molecule has 1 aromatic heterocycles. The van der Waals surface area contributed by atoms with Crippen LogP contribution in [0.25, 0.3) is 0 Å². The molecule has 7 nitrogen and oxygen atoms in total. The second-order valence-electron chi connectivity index (χ2n) is 5.73. The lowest BCUT2D eigenvalue weighted by molar-refractivity contribution is 0.171. The van der Waals surface area contributed by atoms with Crippen molar-refractivity contribution >= 4 is 35.0 Å². The fraction of sp³-hybridized carbons (Fsp3) is 0.158. The van der Waals surface area contributed by atoms with Crippen LogP contribution in [-0.4, -0.2) is 30.2 Å². The first-order valence-electron chi connectivity index (χ1n) is 8.49. The summed E-state index contributed by atoms with van der Waals surface area (Å²) in [6, 6.07) is 15.7. The number of aromatic nitrogens is 2. The number of nitrogens with zero attached hydrogens (tertiary/aromatic N) is 2. The van der Waals surface area contributed by atoms with Crippen molar-refractivity contribution in [3.05, 3.63) is 54.9 Å². The molecule has 0 atom stereocenters. The van der Waals surface area contributed by atoms with Crippen LogP contribution in [0.1, 0.15) is 0 Å². The molecule has 3 aromatic rings. The lowest BCUT2D eigenvalue weighted by Crippen LogP contribution is -2.15. The van der Waals surface area contributed by atoms with Crippen molar-refractivity contribution < 1.29 is 9.47 Å². The molecule has 0 radical (unpaired) electrons. The van der Waals surface area contributed by atoms with Gasteiger partial charge in [-0.05, 0) is 49.3 Å². The van der Waals surface area contributed by atoms with Crippen LogP contribution >= 0.6 is 11.9 Å². The molecule has 0 aliphatic carbocycles. The zero-order valence-corrected chi connectivity index (χ0v) is 15.5. The highest BCUT2D eigenvalue weighted by molar-refractivity contribution is 7.97. The van der Waals surface area contributed by atoms with Gasteiger partial charge in [0.2, 0.25) is 0 Å². The molecule has 0 unspecified atom stereocenters. The van der Waals surface area contributed by atoms with Crippen molar-refractivity contribution in [1.29, 1.82) is 0 Å². The van der Waals surface area contributed by atoms with E-state index in [1.54, 1.807) is 11.9 Å². The van der Waals surface area contributed by atoms with Gasteiger partial charge in [0.05, 0.1) is 0 Å². The SMILES string of the molecule is CNSc1cccc(Nc2cc(Nc3ccc4c(c3)OCCO4)ncn2)c1. The molecule has 0 fully saturated rings. The Hall–Kier alpha value is -2.97. The summed E-state index contributed by atoms with van der Waals surface area (Å²) in [5, 5.41) is 6.57. The first kappa shape index (κ1) is 17.4. The highest BCUT2D eigenvalue weighted by Crippen LogP contribution is 2.33. The Balaban J connectivity index is 1.48. The number of fused-ring (bicyclic) bond motifs is 1. The third-order valence-corrected chi connectivity index (χ3v) is 4.50. The molecule has 0 saturated heterocycles. The Bertz CT molecular complexity index is 937. The summed E-state index contributed by atoms with van der Waals surface area (Å²) in [5.41, 5.74) is 1.83. The molecule has 0 bridgehead atoms. The molecule has 8 heteroatoms. The summed E-state index contributed by atoms with van der Waals surface area (Å²) in [7, 11) is 1.89. The maximum atomic E-state index is 5.62. The van der Waals surface area contributed by atoms with Crippen molar-refractivity contribution in [2.24, 2.45) is 0 Å². The van der Waals surface area contributed by atoms with Crippen LogP contribution in [0.3, 0.4) is 0 Å².